The first-order valence-electron chi connectivity index (χ1n) is 5.62. The van der Waals surface area contributed by atoms with Gasteiger partial charge in [-0.1, -0.05) is 12.1 Å². The number of hydrogen-bond donors (Lipinski definition) is 1. The van der Waals surface area contributed by atoms with Gasteiger partial charge in [-0.05, 0) is 29.8 Å². The average molecular weight is 298 g/mol. The molecule has 0 amide bonds. The molecule has 0 bridgehead atoms. The Bertz CT molecular complexity index is 715. The maximum Gasteiger partial charge on any atom is 0.371 e. The summed E-state index contributed by atoms with van der Waals surface area (Å²) in [5.74, 6) is -2.62. The molecule has 0 atom stereocenters. The number of hydrogen-bond acceptors (Lipinski definition) is 4. The summed E-state index contributed by atoms with van der Waals surface area (Å²) in [4.78, 5) is 10.6. The topological polar surface area (TPSA) is 84.6 Å². The second-order valence-corrected chi connectivity index (χ2v) is 6.29. The van der Waals surface area contributed by atoms with E-state index in [1.165, 1.54) is 36.4 Å². The lowest BCUT2D eigenvalue weighted by molar-refractivity contribution is 0.0660. The van der Waals surface area contributed by atoms with Crippen LogP contribution in [0.4, 0.5) is 4.39 Å². The zero-order chi connectivity index (χ0) is 14.8. The van der Waals surface area contributed by atoms with Gasteiger partial charge in [0.05, 0.1) is 5.75 Å². The van der Waals surface area contributed by atoms with Crippen LogP contribution in [0.25, 0.3) is 0 Å². The van der Waals surface area contributed by atoms with Gasteiger partial charge in [0.15, 0.2) is 9.84 Å². The van der Waals surface area contributed by atoms with E-state index >= 15 is 0 Å². The molecule has 0 aliphatic carbocycles. The summed E-state index contributed by atoms with van der Waals surface area (Å²) in [6, 6.07) is 7.65. The number of halogens is 1. The van der Waals surface area contributed by atoms with Crippen molar-refractivity contribution in [2.45, 2.75) is 11.5 Å². The largest absolute Gasteiger partial charge is 0.475 e. The number of benzene rings is 1. The number of carboxylic acid groups (broad SMARTS) is 1. The average Bonchev–Trinajstić information content (AvgIpc) is 2.79. The van der Waals surface area contributed by atoms with Crippen LogP contribution in [0.5, 0.6) is 0 Å². The number of carboxylic acids is 1. The summed E-state index contributed by atoms with van der Waals surface area (Å²) in [6.45, 7) is 0. The molecule has 106 valence electrons. The molecule has 0 saturated carbocycles. The third-order valence-corrected chi connectivity index (χ3v) is 4.03. The van der Waals surface area contributed by atoms with Gasteiger partial charge in [-0.3, -0.25) is 0 Å². The fraction of sp³-hybridized carbons (Fsp3) is 0.154. The van der Waals surface area contributed by atoms with Crippen LogP contribution in [0, 0.1) is 5.82 Å². The summed E-state index contributed by atoms with van der Waals surface area (Å²) in [6.07, 6.45) is 0. The van der Waals surface area contributed by atoms with Crippen molar-refractivity contribution in [3.63, 3.8) is 0 Å². The molecule has 0 spiro atoms. The molecule has 2 aromatic rings. The molecule has 1 heterocycles. The lowest BCUT2D eigenvalue weighted by atomic mass is 10.2. The molecule has 0 radical (unpaired) electrons. The lowest BCUT2D eigenvalue weighted by Crippen LogP contribution is -2.07. The van der Waals surface area contributed by atoms with E-state index in [0.29, 0.717) is 5.56 Å². The van der Waals surface area contributed by atoms with E-state index in [4.69, 9.17) is 9.52 Å². The normalized spacial score (nSPS) is 11.4. The molecule has 1 N–H and O–H groups in total. The molecule has 0 aliphatic rings. The number of aromatic carboxylic acids is 1. The van der Waals surface area contributed by atoms with Crippen molar-refractivity contribution in [2.75, 3.05) is 0 Å². The van der Waals surface area contributed by atoms with Crippen LogP contribution in [-0.2, 0) is 21.3 Å². The van der Waals surface area contributed by atoms with Crippen molar-refractivity contribution in [1.29, 1.82) is 0 Å². The number of sulfone groups is 1. The quantitative estimate of drug-likeness (QED) is 0.915. The van der Waals surface area contributed by atoms with Crippen molar-refractivity contribution in [1.82, 2.24) is 0 Å². The summed E-state index contributed by atoms with van der Waals surface area (Å²) in [5, 5.41) is 8.68. The Labute approximate surface area is 114 Å². The predicted octanol–water partition coefficient (Wildman–Crippen LogP) is 2.23. The first-order chi connectivity index (χ1) is 9.35. The molecule has 1 aromatic carbocycles. The van der Waals surface area contributed by atoms with E-state index in [-0.39, 0.29) is 17.3 Å². The highest BCUT2D eigenvalue weighted by molar-refractivity contribution is 7.89. The van der Waals surface area contributed by atoms with Gasteiger partial charge in [0.25, 0.3) is 0 Å². The third-order valence-electron chi connectivity index (χ3n) is 2.53. The number of carbonyl (C=O) groups is 1. The van der Waals surface area contributed by atoms with Crippen LogP contribution in [0.2, 0.25) is 0 Å². The summed E-state index contributed by atoms with van der Waals surface area (Å²) >= 11 is 0. The fourth-order valence-electron chi connectivity index (χ4n) is 1.67. The van der Waals surface area contributed by atoms with Gasteiger partial charge >= 0.3 is 5.97 Å². The van der Waals surface area contributed by atoms with Crippen LogP contribution < -0.4 is 0 Å². The van der Waals surface area contributed by atoms with Gasteiger partial charge in [-0.2, -0.15) is 0 Å². The van der Waals surface area contributed by atoms with Crippen LogP contribution in [-0.4, -0.2) is 19.5 Å². The summed E-state index contributed by atoms with van der Waals surface area (Å²) in [5.41, 5.74) is 0.455. The number of furan rings is 1. The predicted molar refractivity (Wildman–Crippen MR) is 68.4 cm³/mol. The Morgan fingerprint density at radius 1 is 1.10 bits per heavy atom. The zero-order valence-electron chi connectivity index (χ0n) is 10.2. The van der Waals surface area contributed by atoms with Crippen LogP contribution in [0.3, 0.4) is 0 Å². The Balaban J connectivity index is 2.10. The lowest BCUT2D eigenvalue weighted by Gasteiger charge is -2.03. The molecule has 0 unspecified atom stereocenters. The minimum absolute atomic E-state index is 0.0597. The fourth-order valence-corrected chi connectivity index (χ4v) is 3.06. The van der Waals surface area contributed by atoms with Crippen LogP contribution in [0.15, 0.2) is 40.8 Å². The van der Waals surface area contributed by atoms with Gasteiger partial charge in [-0.15, -0.1) is 0 Å². The van der Waals surface area contributed by atoms with Gasteiger partial charge in [0.1, 0.15) is 17.3 Å². The van der Waals surface area contributed by atoms with Crippen molar-refractivity contribution < 1.29 is 27.1 Å². The third kappa shape index (κ3) is 3.67. The smallest absolute Gasteiger partial charge is 0.371 e. The van der Waals surface area contributed by atoms with Crippen LogP contribution in [0.1, 0.15) is 21.9 Å². The monoisotopic (exact) mass is 298 g/mol. The first kappa shape index (κ1) is 14.3. The van der Waals surface area contributed by atoms with Gasteiger partial charge in [0, 0.05) is 0 Å². The molecule has 2 rings (SSSR count). The SMILES string of the molecule is O=C(O)c1ccc(CS(=O)(=O)Cc2ccc(F)cc2)o1. The minimum Gasteiger partial charge on any atom is -0.475 e. The Morgan fingerprint density at radius 2 is 1.75 bits per heavy atom. The maximum absolute atomic E-state index is 12.7. The minimum atomic E-state index is -3.52. The van der Waals surface area contributed by atoms with E-state index in [1.54, 1.807) is 0 Å². The first-order valence-corrected chi connectivity index (χ1v) is 7.45. The zero-order valence-corrected chi connectivity index (χ0v) is 11.1. The molecule has 0 fully saturated rings. The van der Waals surface area contributed by atoms with E-state index in [1.807, 2.05) is 0 Å². The summed E-state index contributed by atoms with van der Waals surface area (Å²) < 4.78 is 41.5. The molecule has 20 heavy (non-hydrogen) atoms. The Hall–Kier alpha value is -2.15. The second kappa shape index (κ2) is 5.46. The summed E-state index contributed by atoms with van der Waals surface area (Å²) in [7, 11) is -3.52. The second-order valence-electron chi connectivity index (χ2n) is 4.23. The van der Waals surface area contributed by atoms with Gasteiger partial charge < -0.3 is 9.52 Å². The van der Waals surface area contributed by atoms with E-state index in [9.17, 15) is 17.6 Å². The highest BCUT2D eigenvalue weighted by Gasteiger charge is 2.17. The Morgan fingerprint density at radius 3 is 2.30 bits per heavy atom. The highest BCUT2D eigenvalue weighted by Crippen LogP contribution is 2.15. The molecule has 0 saturated heterocycles. The van der Waals surface area contributed by atoms with Gasteiger partial charge in [0.2, 0.25) is 5.76 Å². The Kier molecular flexibility index (Phi) is 3.89. The number of rotatable bonds is 5. The maximum atomic E-state index is 12.7. The molecule has 5 nitrogen and oxygen atoms in total. The molecule has 0 aliphatic heterocycles. The molecule has 7 heteroatoms. The molecular weight excluding hydrogens is 287 g/mol. The highest BCUT2D eigenvalue weighted by atomic mass is 32.2. The van der Waals surface area contributed by atoms with Gasteiger partial charge in [-0.25, -0.2) is 17.6 Å². The molecule has 1 aromatic heterocycles. The van der Waals surface area contributed by atoms with E-state index < -0.39 is 27.4 Å². The van der Waals surface area contributed by atoms with Crippen molar-refractivity contribution >= 4 is 15.8 Å². The standard InChI is InChI=1S/C13H11FO5S/c14-10-3-1-9(2-4-10)7-20(17,18)8-11-5-6-12(19-11)13(15)16/h1-6H,7-8H2,(H,15,16). The van der Waals surface area contributed by atoms with Crippen LogP contribution >= 0.6 is 0 Å². The van der Waals surface area contributed by atoms with Crippen molar-refractivity contribution in [2.24, 2.45) is 0 Å². The van der Waals surface area contributed by atoms with Crippen molar-refractivity contribution in [3.05, 3.63) is 59.3 Å². The van der Waals surface area contributed by atoms with E-state index in [0.717, 1.165) is 0 Å². The molecular formula is C13H11FO5S. The van der Waals surface area contributed by atoms with Crippen molar-refractivity contribution in [3.8, 4) is 0 Å². The van der Waals surface area contributed by atoms with E-state index in [2.05, 4.69) is 0 Å².